The number of benzene rings is 2. The lowest BCUT2D eigenvalue weighted by atomic mass is 10.2. The minimum Gasteiger partial charge on any atom is -0.497 e. The van der Waals surface area contributed by atoms with Crippen LogP contribution in [0.2, 0.25) is 0 Å². The molecule has 0 radical (unpaired) electrons. The monoisotopic (exact) mass is 319 g/mol. The molecular weight excluding hydrogens is 302 g/mol. The molecule has 0 unspecified atom stereocenters. The summed E-state index contributed by atoms with van der Waals surface area (Å²) < 4.78 is 10.1. The first-order valence-electron chi connectivity index (χ1n) is 7.41. The van der Waals surface area contributed by atoms with Crippen molar-refractivity contribution in [3.05, 3.63) is 60.4 Å². The van der Waals surface area contributed by atoms with Gasteiger partial charge in [0, 0.05) is 35.4 Å². The smallest absolute Gasteiger partial charge is 0.120 e. The highest BCUT2D eigenvalue weighted by Gasteiger charge is 2.02. The Balaban J connectivity index is 0.000000143. The normalized spacial score (nSPS) is 10.0. The summed E-state index contributed by atoms with van der Waals surface area (Å²) in [5, 5.41) is 10.9. The zero-order valence-corrected chi connectivity index (χ0v) is 13.5. The van der Waals surface area contributed by atoms with E-state index in [4.69, 9.17) is 14.7 Å². The summed E-state index contributed by atoms with van der Waals surface area (Å²) in [5.41, 5.74) is 2.71. The molecule has 0 amide bonds. The second-order valence-corrected chi connectivity index (χ2v) is 5.16. The van der Waals surface area contributed by atoms with E-state index in [-0.39, 0.29) is 0 Å². The van der Waals surface area contributed by atoms with Crippen LogP contribution in [-0.2, 0) is 0 Å². The fraction of sp³-hybridized carbons (Fsp3) is 0.105. The van der Waals surface area contributed by atoms with Crippen LogP contribution in [0.5, 0.6) is 11.5 Å². The van der Waals surface area contributed by atoms with Crippen molar-refractivity contribution in [3.63, 3.8) is 0 Å². The number of nitrogens with zero attached hydrogens (tertiary/aromatic N) is 1. The van der Waals surface area contributed by atoms with Gasteiger partial charge in [-0.15, -0.1) is 0 Å². The van der Waals surface area contributed by atoms with Crippen molar-refractivity contribution in [2.24, 2.45) is 0 Å². The summed E-state index contributed by atoms with van der Waals surface area (Å²) in [4.78, 5) is 6.13. The molecule has 2 heterocycles. The molecular formula is C19H17N3O2. The van der Waals surface area contributed by atoms with Crippen LogP contribution in [0.15, 0.2) is 54.9 Å². The number of aromatic nitrogens is 2. The van der Waals surface area contributed by atoms with E-state index in [9.17, 15) is 0 Å². The highest BCUT2D eigenvalue weighted by atomic mass is 16.5. The number of H-pyrrole nitrogens is 2. The van der Waals surface area contributed by atoms with E-state index in [2.05, 4.69) is 16.0 Å². The van der Waals surface area contributed by atoms with Crippen molar-refractivity contribution in [1.29, 1.82) is 5.26 Å². The van der Waals surface area contributed by atoms with Crippen LogP contribution in [0.3, 0.4) is 0 Å². The number of nitriles is 1. The number of ether oxygens (including phenoxy) is 2. The van der Waals surface area contributed by atoms with Crippen molar-refractivity contribution in [1.82, 2.24) is 9.97 Å². The fourth-order valence-electron chi connectivity index (χ4n) is 2.48. The molecule has 5 nitrogen and oxygen atoms in total. The zero-order valence-electron chi connectivity index (χ0n) is 13.5. The first-order valence-corrected chi connectivity index (χ1v) is 7.41. The molecule has 24 heavy (non-hydrogen) atoms. The van der Waals surface area contributed by atoms with Gasteiger partial charge in [-0.3, -0.25) is 0 Å². The van der Waals surface area contributed by atoms with Crippen LogP contribution in [0.1, 0.15) is 5.56 Å². The molecule has 0 spiro atoms. The third-order valence-corrected chi connectivity index (χ3v) is 3.77. The van der Waals surface area contributed by atoms with Crippen molar-refractivity contribution in [2.45, 2.75) is 0 Å². The van der Waals surface area contributed by atoms with Crippen LogP contribution in [0.25, 0.3) is 21.8 Å². The van der Waals surface area contributed by atoms with Crippen molar-refractivity contribution >= 4 is 21.8 Å². The van der Waals surface area contributed by atoms with Gasteiger partial charge in [0.25, 0.3) is 0 Å². The Kier molecular flexibility index (Phi) is 4.39. The lowest BCUT2D eigenvalue weighted by Gasteiger charge is -1.97. The predicted octanol–water partition coefficient (Wildman–Crippen LogP) is 4.22. The number of aromatic amines is 2. The molecule has 4 rings (SSSR count). The molecule has 0 aliphatic rings. The van der Waals surface area contributed by atoms with Crippen molar-refractivity contribution < 1.29 is 9.47 Å². The lowest BCUT2D eigenvalue weighted by Crippen LogP contribution is -1.81. The molecule has 0 atom stereocenters. The van der Waals surface area contributed by atoms with E-state index >= 15 is 0 Å². The van der Waals surface area contributed by atoms with E-state index in [0.29, 0.717) is 5.56 Å². The summed E-state index contributed by atoms with van der Waals surface area (Å²) in [5.74, 6) is 1.68. The Labute approximate surface area is 139 Å². The van der Waals surface area contributed by atoms with Crippen LogP contribution in [0.4, 0.5) is 0 Å². The minimum atomic E-state index is 0.664. The highest BCUT2D eigenvalue weighted by molar-refractivity contribution is 5.86. The molecule has 5 heteroatoms. The molecule has 0 saturated carbocycles. The summed E-state index contributed by atoms with van der Waals surface area (Å²) in [6, 6.07) is 15.7. The van der Waals surface area contributed by atoms with E-state index < -0.39 is 0 Å². The molecule has 2 N–H and O–H groups in total. The minimum absolute atomic E-state index is 0.664. The average Bonchev–Trinajstić information content (AvgIpc) is 3.27. The van der Waals surface area contributed by atoms with Gasteiger partial charge in [0.2, 0.25) is 0 Å². The Bertz CT molecular complexity index is 1010. The van der Waals surface area contributed by atoms with E-state index in [1.807, 2.05) is 48.7 Å². The third kappa shape index (κ3) is 3.03. The lowest BCUT2D eigenvalue weighted by molar-refractivity contribution is 0.415. The first-order chi connectivity index (χ1) is 11.7. The summed E-state index contributed by atoms with van der Waals surface area (Å²) >= 11 is 0. The van der Waals surface area contributed by atoms with E-state index in [1.54, 1.807) is 20.4 Å². The fourth-order valence-corrected chi connectivity index (χ4v) is 2.48. The molecule has 2 aromatic heterocycles. The third-order valence-electron chi connectivity index (χ3n) is 3.77. The Morgan fingerprint density at radius 3 is 2.29 bits per heavy atom. The Morgan fingerprint density at radius 2 is 1.58 bits per heavy atom. The van der Waals surface area contributed by atoms with Gasteiger partial charge >= 0.3 is 0 Å². The number of rotatable bonds is 2. The quantitative estimate of drug-likeness (QED) is 0.581. The maximum Gasteiger partial charge on any atom is 0.120 e. The molecule has 120 valence electrons. The molecule has 0 aliphatic carbocycles. The maximum atomic E-state index is 8.75. The average molecular weight is 319 g/mol. The molecule has 0 bridgehead atoms. The SMILES string of the molecule is COc1ccc2c(C#N)c[nH]c2c1.COc1ccc2cc[nH]c2c1. The number of hydrogen-bond donors (Lipinski definition) is 2. The van der Waals surface area contributed by atoms with Crippen molar-refractivity contribution in [2.75, 3.05) is 14.2 Å². The molecule has 2 aromatic carbocycles. The number of fused-ring (bicyclic) bond motifs is 2. The largest absolute Gasteiger partial charge is 0.497 e. The van der Waals surface area contributed by atoms with Crippen LogP contribution in [0, 0.1) is 11.3 Å². The van der Waals surface area contributed by atoms with Gasteiger partial charge < -0.3 is 19.4 Å². The Hall–Kier alpha value is -3.39. The van der Waals surface area contributed by atoms with Gasteiger partial charge in [-0.25, -0.2) is 0 Å². The summed E-state index contributed by atoms with van der Waals surface area (Å²) in [7, 11) is 3.29. The first kappa shape index (κ1) is 15.5. The van der Waals surface area contributed by atoms with Gasteiger partial charge in [-0.2, -0.15) is 5.26 Å². The van der Waals surface area contributed by atoms with Gasteiger partial charge in [-0.1, -0.05) is 0 Å². The van der Waals surface area contributed by atoms with Crippen molar-refractivity contribution in [3.8, 4) is 17.6 Å². The number of methoxy groups -OCH3 is 2. The molecule has 0 fully saturated rings. The van der Waals surface area contributed by atoms with Crippen LogP contribution >= 0.6 is 0 Å². The van der Waals surface area contributed by atoms with Gasteiger partial charge in [0.1, 0.15) is 17.6 Å². The van der Waals surface area contributed by atoms with Gasteiger partial charge in [-0.05, 0) is 35.7 Å². The van der Waals surface area contributed by atoms with Gasteiger partial charge in [0.15, 0.2) is 0 Å². The zero-order chi connectivity index (χ0) is 16.9. The second-order valence-electron chi connectivity index (χ2n) is 5.16. The molecule has 0 saturated heterocycles. The molecule has 0 aliphatic heterocycles. The maximum absolute atomic E-state index is 8.75. The van der Waals surface area contributed by atoms with Crippen LogP contribution in [-0.4, -0.2) is 24.2 Å². The summed E-state index contributed by atoms with van der Waals surface area (Å²) in [6.07, 6.45) is 3.62. The number of nitrogens with one attached hydrogen (secondary N) is 2. The van der Waals surface area contributed by atoms with Gasteiger partial charge in [0.05, 0.1) is 25.3 Å². The van der Waals surface area contributed by atoms with E-state index in [0.717, 1.165) is 27.9 Å². The number of hydrogen-bond acceptors (Lipinski definition) is 3. The Morgan fingerprint density at radius 1 is 0.875 bits per heavy atom. The predicted molar refractivity (Wildman–Crippen MR) is 94.4 cm³/mol. The topological polar surface area (TPSA) is 73.8 Å². The second kappa shape index (κ2) is 6.80. The highest BCUT2D eigenvalue weighted by Crippen LogP contribution is 2.22. The summed E-state index contributed by atoms with van der Waals surface area (Å²) in [6.45, 7) is 0. The standard InChI is InChI=1S/C10H8N2O.C9H9NO/c1-13-8-2-3-9-7(5-11)6-12-10(9)4-8;1-11-8-3-2-7-4-5-10-9(7)6-8/h2-4,6,12H,1H3;2-6,10H,1H3. The van der Waals surface area contributed by atoms with Crippen LogP contribution < -0.4 is 9.47 Å². The van der Waals surface area contributed by atoms with E-state index in [1.165, 1.54) is 5.39 Å². The molecule has 4 aromatic rings.